The lowest BCUT2D eigenvalue weighted by atomic mass is 10.2. The number of nitrogens with two attached hydrogens (primary N) is 1. The number of amides is 1. The van der Waals surface area contributed by atoms with Crippen LogP contribution in [-0.4, -0.2) is 15.5 Å². The Kier molecular flexibility index (Phi) is 3.24. The summed E-state index contributed by atoms with van der Waals surface area (Å²) in [6, 6.07) is 0.486. The fraction of sp³-hybridized carbons (Fsp3) is 0.375. The Morgan fingerprint density at radius 2 is 2.43 bits per heavy atom. The van der Waals surface area contributed by atoms with Crippen LogP contribution in [0.15, 0.2) is 17.2 Å². The predicted octanol–water partition coefficient (Wildman–Crippen LogP) is 0.333. The fourth-order valence-corrected chi connectivity index (χ4v) is 1.29. The Labute approximate surface area is 85.5 Å². The van der Waals surface area contributed by atoms with Gasteiger partial charge in [0.05, 0.1) is 6.33 Å². The van der Waals surface area contributed by atoms with Crippen molar-refractivity contribution in [2.75, 3.05) is 0 Å². The molecule has 0 saturated heterocycles. The van der Waals surface area contributed by atoms with E-state index in [1.807, 2.05) is 0 Å². The second kappa shape index (κ2) is 4.23. The summed E-state index contributed by atoms with van der Waals surface area (Å²) in [4.78, 5) is 26.1. The normalized spacial score (nSPS) is 12.4. The molecule has 0 aliphatic rings. The summed E-state index contributed by atoms with van der Waals surface area (Å²) in [7, 11) is 0. The van der Waals surface area contributed by atoms with E-state index >= 15 is 0 Å². The van der Waals surface area contributed by atoms with E-state index in [0.717, 1.165) is 6.07 Å². The third-order valence-corrected chi connectivity index (χ3v) is 2.06. The summed E-state index contributed by atoms with van der Waals surface area (Å²) >= 11 is 5.50. The van der Waals surface area contributed by atoms with E-state index in [1.165, 1.54) is 10.9 Å². The molecule has 0 radical (unpaired) electrons. The third-order valence-electron chi connectivity index (χ3n) is 1.85. The van der Waals surface area contributed by atoms with Crippen molar-refractivity contribution in [3.63, 3.8) is 0 Å². The second-order valence-corrected chi connectivity index (χ2v) is 3.17. The van der Waals surface area contributed by atoms with E-state index in [0.29, 0.717) is 6.42 Å². The van der Waals surface area contributed by atoms with Gasteiger partial charge in [0.15, 0.2) is 0 Å². The molecule has 14 heavy (non-hydrogen) atoms. The monoisotopic (exact) mass is 215 g/mol. The molecule has 6 heteroatoms. The number of halogens is 1. The van der Waals surface area contributed by atoms with Gasteiger partial charge in [0, 0.05) is 6.07 Å². The van der Waals surface area contributed by atoms with Gasteiger partial charge in [0.25, 0.3) is 5.56 Å². The molecule has 5 nitrogen and oxygen atoms in total. The first-order valence-corrected chi connectivity index (χ1v) is 4.47. The van der Waals surface area contributed by atoms with E-state index in [-0.39, 0.29) is 10.7 Å². The number of hydrogen-bond acceptors (Lipinski definition) is 3. The molecular weight excluding hydrogens is 206 g/mol. The van der Waals surface area contributed by atoms with E-state index in [9.17, 15) is 9.59 Å². The van der Waals surface area contributed by atoms with Gasteiger partial charge in [-0.3, -0.25) is 14.2 Å². The minimum atomic E-state index is -0.660. The maximum atomic E-state index is 11.4. The number of carbonyl (C=O) groups is 1. The zero-order valence-electron chi connectivity index (χ0n) is 7.61. The van der Waals surface area contributed by atoms with Crippen molar-refractivity contribution in [3.05, 3.63) is 27.9 Å². The van der Waals surface area contributed by atoms with Crippen molar-refractivity contribution in [2.24, 2.45) is 5.73 Å². The van der Waals surface area contributed by atoms with Gasteiger partial charge < -0.3 is 5.73 Å². The summed E-state index contributed by atoms with van der Waals surface area (Å²) in [5.74, 6) is -0.557. The van der Waals surface area contributed by atoms with Gasteiger partial charge in [-0.15, -0.1) is 0 Å². The first-order chi connectivity index (χ1) is 6.56. The Hall–Kier alpha value is -1.36. The molecule has 0 spiro atoms. The number of aromatic nitrogens is 2. The highest BCUT2D eigenvalue weighted by molar-refractivity contribution is 6.29. The van der Waals surface area contributed by atoms with Gasteiger partial charge in [-0.05, 0) is 6.42 Å². The van der Waals surface area contributed by atoms with Crippen LogP contribution >= 0.6 is 11.6 Å². The topological polar surface area (TPSA) is 78.0 Å². The van der Waals surface area contributed by atoms with Crippen molar-refractivity contribution in [2.45, 2.75) is 19.4 Å². The van der Waals surface area contributed by atoms with Crippen LogP contribution in [0.2, 0.25) is 5.15 Å². The number of rotatable bonds is 3. The number of carbonyl (C=O) groups excluding carboxylic acids is 1. The molecule has 1 heterocycles. The summed E-state index contributed by atoms with van der Waals surface area (Å²) in [6.45, 7) is 1.76. The maximum Gasteiger partial charge on any atom is 0.255 e. The first-order valence-electron chi connectivity index (χ1n) is 4.09. The summed E-state index contributed by atoms with van der Waals surface area (Å²) < 4.78 is 1.17. The molecule has 1 amide bonds. The van der Waals surface area contributed by atoms with Gasteiger partial charge >= 0.3 is 0 Å². The number of nitrogens with zero attached hydrogens (tertiary/aromatic N) is 2. The van der Waals surface area contributed by atoms with Gasteiger partial charge in [0.1, 0.15) is 11.2 Å². The first kappa shape index (κ1) is 10.7. The third kappa shape index (κ3) is 2.11. The molecule has 76 valence electrons. The number of hydrogen-bond donors (Lipinski definition) is 1. The molecule has 1 aromatic rings. The molecule has 1 aromatic heterocycles. The fourth-order valence-electron chi connectivity index (χ4n) is 1.16. The van der Waals surface area contributed by atoms with Crippen LogP contribution in [0.5, 0.6) is 0 Å². The van der Waals surface area contributed by atoms with Gasteiger partial charge in [-0.2, -0.15) is 0 Å². The van der Waals surface area contributed by atoms with Crippen LogP contribution in [0.1, 0.15) is 19.4 Å². The molecule has 1 rings (SSSR count). The summed E-state index contributed by atoms with van der Waals surface area (Å²) in [6.07, 6.45) is 1.67. The molecule has 0 aromatic carbocycles. The lowest BCUT2D eigenvalue weighted by molar-refractivity contribution is -0.121. The molecule has 0 aliphatic carbocycles. The highest BCUT2D eigenvalue weighted by Crippen LogP contribution is 2.07. The van der Waals surface area contributed by atoms with Crippen molar-refractivity contribution < 1.29 is 4.79 Å². The predicted molar refractivity (Wildman–Crippen MR) is 52.0 cm³/mol. The molecule has 0 fully saturated rings. The molecule has 0 aliphatic heterocycles. The van der Waals surface area contributed by atoms with Gasteiger partial charge in [-0.25, -0.2) is 4.98 Å². The second-order valence-electron chi connectivity index (χ2n) is 2.78. The van der Waals surface area contributed by atoms with E-state index in [4.69, 9.17) is 17.3 Å². The SMILES string of the molecule is CCC(C(N)=O)n1cnc(Cl)cc1=O. The highest BCUT2D eigenvalue weighted by atomic mass is 35.5. The highest BCUT2D eigenvalue weighted by Gasteiger charge is 2.16. The van der Waals surface area contributed by atoms with E-state index in [2.05, 4.69) is 4.98 Å². The average Bonchev–Trinajstić information content (AvgIpc) is 2.09. The van der Waals surface area contributed by atoms with Crippen LogP contribution in [0.25, 0.3) is 0 Å². The molecule has 1 unspecified atom stereocenters. The zero-order valence-corrected chi connectivity index (χ0v) is 8.36. The largest absolute Gasteiger partial charge is 0.368 e. The molecule has 2 N–H and O–H groups in total. The quantitative estimate of drug-likeness (QED) is 0.739. The standard InChI is InChI=1S/C8H10ClN3O2/c1-2-5(8(10)14)12-4-11-6(9)3-7(12)13/h3-5H,2H2,1H3,(H2,10,14). The minimum absolute atomic E-state index is 0.102. The molecule has 1 atom stereocenters. The lowest BCUT2D eigenvalue weighted by Gasteiger charge is -2.13. The van der Waals surface area contributed by atoms with Crippen LogP contribution < -0.4 is 11.3 Å². The number of primary amides is 1. The smallest absolute Gasteiger partial charge is 0.255 e. The van der Waals surface area contributed by atoms with Crippen LogP contribution in [0.4, 0.5) is 0 Å². The van der Waals surface area contributed by atoms with Crippen LogP contribution in [0.3, 0.4) is 0 Å². The maximum absolute atomic E-state index is 11.4. The van der Waals surface area contributed by atoms with E-state index in [1.54, 1.807) is 6.92 Å². The van der Waals surface area contributed by atoms with E-state index < -0.39 is 11.9 Å². The Morgan fingerprint density at radius 3 is 2.86 bits per heavy atom. The van der Waals surface area contributed by atoms with Gasteiger partial charge in [-0.1, -0.05) is 18.5 Å². The molecule has 0 bridgehead atoms. The Morgan fingerprint density at radius 1 is 1.79 bits per heavy atom. The van der Waals surface area contributed by atoms with Crippen molar-refractivity contribution in [3.8, 4) is 0 Å². The molecular formula is C8H10ClN3O2. The average molecular weight is 216 g/mol. The van der Waals surface area contributed by atoms with Crippen molar-refractivity contribution in [1.29, 1.82) is 0 Å². The van der Waals surface area contributed by atoms with Crippen LogP contribution in [0, 0.1) is 0 Å². The van der Waals surface area contributed by atoms with Gasteiger partial charge in [0.2, 0.25) is 5.91 Å². The Balaban J connectivity index is 3.18. The summed E-state index contributed by atoms with van der Waals surface area (Å²) in [5.41, 5.74) is 4.75. The van der Waals surface area contributed by atoms with Crippen LogP contribution in [-0.2, 0) is 4.79 Å². The van der Waals surface area contributed by atoms with Crippen molar-refractivity contribution in [1.82, 2.24) is 9.55 Å². The van der Waals surface area contributed by atoms with Crippen molar-refractivity contribution >= 4 is 17.5 Å². The summed E-state index contributed by atoms with van der Waals surface area (Å²) in [5, 5.41) is 0.102. The lowest BCUT2D eigenvalue weighted by Crippen LogP contribution is -2.33. The molecule has 0 saturated carbocycles. The zero-order chi connectivity index (χ0) is 10.7. The minimum Gasteiger partial charge on any atom is -0.368 e. The Bertz CT molecular complexity index is 402.